The molecule has 0 radical (unpaired) electrons. The first-order chi connectivity index (χ1) is 7.02. The van der Waals surface area contributed by atoms with Gasteiger partial charge in [0.2, 0.25) is 0 Å². The molecule has 0 saturated heterocycles. The van der Waals surface area contributed by atoms with Crippen LogP contribution in [0.2, 0.25) is 0 Å². The van der Waals surface area contributed by atoms with Gasteiger partial charge >= 0.3 is 12.3 Å². The van der Waals surface area contributed by atoms with E-state index in [2.05, 4.69) is 0 Å². The van der Waals surface area contributed by atoms with E-state index in [0.717, 1.165) is 0 Å². The van der Waals surface area contributed by atoms with E-state index in [4.69, 9.17) is 5.11 Å². The Kier molecular flexibility index (Phi) is 5.05. The molecule has 3 N–H and O–H groups in total. The van der Waals surface area contributed by atoms with E-state index in [1.807, 2.05) is 5.32 Å². The lowest BCUT2D eigenvalue weighted by Crippen LogP contribution is -2.48. The van der Waals surface area contributed by atoms with Gasteiger partial charge in [-0.05, 0) is 26.7 Å². The average Bonchev–Trinajstić information content (AvgIpc) is 1.97. The summed E-state index contributed by atoms with van der Waals surface area (Å²) in [4.78, 5) is 10.4. The van der Waals surface area contributed by atoms with E-state index >= 15 is 0 Å². The van der Waals surface area contributed by atoms with Crippen molar-refractivity contribution in [1.29, 1.82) is 0 Å². The Labute approximate surface area is 91.5 Å². The van der Waals surface area contributed by atoms with Gasteiger partial charge in [-0.1, -0.05) is 0 Å². The predicted octanol–water partition coefficient (Wildman–Crippen LogP) is 2.13. The van der Waals surface area contributed by atoms with Crippen LogP contribution in [0.15, 0.2) is 0 Å². The Hall–Kier alpha value is -0.980. The lowest BCUT2D eigenvalue weighted by atomic mass is 9.94. The molecule has 0 heterocycles. The van der Waals surface area contributed by atoms with Gasteiger partial charge < -0.3 is 15.5 Å². The number of rotatable bonds is 5. The third-order valence-electron chi connectivity index (χ3n) is 2.10. The second-order valence-corrected chi connectivity index (χ2v) is 4.16. The summed E-state index contributed by atoms with van der Waals surface area (Å²) < 4.78 is 35.6. The number of carbonyl (C=O) groups is 1. The second kappa shape index (κ2) is 5.38. The zero-order chi connectivity index (χ0) is 13.0. The molecular weight excluding hydrogens is 227 g/mol. The van der Waals surface area contributed by atoms with Gasteiger partial charge in [0.25, 0.3) is 0 Å². The molecule has 0 fully saturated rings. The van der Waals surface area contributed by atoms with E-state index in [-0.39, 0.29) is 12.8 Å². The molecule has 0 bridgehead atoms. The van der Waals surface area contributed by atoms with Gasteiger partial charge in [0, 0.05) is 6.42 Å². The van der Waals surface area contributed by atoms with Crippen LogP contribution in [0, 0.1) is 0 Å². The highest BCUT2D eigenvalue weighted by Crippen LogP contribution is 2.24. The molecule has 0 saturated carbocycles. The van der Waals surface area contributed by atoms with Crippen LogP contribution in [0.5, 0.6) is 0 Å². The number of hydrogen-bond acceptors (Lipinski definition) is 2. The topological polar surface area (TPSA) is 69.6 Å². The van der Waals surface area contributed by atoms with Gasteiger partial charge in [-0.3, -0.25) is 0 Å². The molecule has 1 amide bonds. The molecule has 0 aliphatic heterocycles. The van der Waals surface area contributed by atoms with Crippen molar-refractivity contribution >= 4 is 6.09 Å². The summed E-state index contributed by atoms with van der Waals surface area (Å²) in [5.74, 6) is 0. The van der Waals surface area contributed by atoms with Gasteiger partial charge in [0.05, 0.1) is 11.6 Å². The molecule has 1 unspecified atom stereocenters. The molecule has 0 aliphatic carbocycles. The van der Waals surface area contributed by atoms with Crippen LogP contribution >= 0.6 is 0 Å². The highest BCUT2D eigenvalue weighted by atomic mass is 19.4. The second-order valence-electron chi connectivity index (χ2n) is 4.16. The van der Waals surface area contributed by atoms with Crippen LogP contribution in [-0.4, -0.2) is 34.1 Å². The van der Waals surface area contributed by atoms with Crippen LogP contribution in [0.3, 0.4) is 0 Å². The molecule has 0 aromatic rings. The molecule has 7 heteroatoms. The summed E-state index contributed by atoms with van der Waals surface area (Å²) in [6.45, 7) is 2.70. The van der Waals surface area contributed by atoms with Crippen molar-refractivity contribution in [3.63, 3.8) is 0 Å². The van der Waals surface area contributed by atoms with Gasteiger partial charge in [-0.25, -0.2) is 4.79 Å². The molecule has 1 atom stereocenters. The number of hydrogen-bond donors (Lipinski definition) is 3. The number of alkyl halides is 3. The normalized spacial score (nSPS) is 14.6. The average molecular weight is 243 g/mol. The first kappa shape index (κ1) is 15.0. The van der Waals surface area contributed by atoms with Crippen molar-refractivity contribution in [1.82, 2.24) is 5.32 Å². The predicted molar refractivity (Wildman–Crippen MR) is 51.2 cm³/mol. The summed E-state index contributed by atoms with van der Waals surface area (Å²) >= 11 is 0. The van der Waals surface area contributed by atoms with Crippen LogP contribution < -0.4 is 5.32 Å². The highest BCUT2D eigenvalue weighted by Gasteiger charge is 2.31. The lowest BCUT2D eigenvalue weighted by molar-refractivity contribution is -0.136. The molecule has 0 rings (SSSR count). The maximum atomic E-state index is 11.9. The molecule has 16 heavy (non-hydrogen) atoms. The maximum absolute atomic E-state index is 11.9. The smallest absolute Gasteiger partial charge is 0.404 e. The van der Waals surface area contributed by atoms with E-state index in [1.54, 1.807) is 0 Å². The Bertz CT molecular complexity index is 235. The third kappa shape index (κ3) is 7.33. The fourth-order valence-electron chi connectivity index (χ4n) is 1.26. The number of halogens is 3. The zero-order valence-corrected chi connectivity index (χ0v) is 9.14. The van der Waals surface area contributed by atoms with Gasteiger partial charge in [-0.15, -0.1) is 0 Å². The van der Waals surface area contributed by atoms with Crippen LogP contribution in [0.25, 0.3) is 0 Å². The van der Waals surface area contributed by atoms with E-state index in [1.165, 1.54) is 13.8 Å². The largest absolute Gasteiger partial charge is 0.465 e. The number of carboxylic acid groups (broad SMARTS) is 1. The van der Waals surface area contributed by atoms with Crippen molar-refractivity contribution in [2.24, 2.45) is 0 Å². The lowest BCUT2D eigenvalue weighted by Gasteiger charge is -2.29. The zero-order valence-electron chi connectivity index (χ0n) is 9.14. The van der Waals surface area contributed by atoms with E-state index < -0.39 is 30.3 Å². The van der Waals surface area contributed by atoms with Crippen molar-refractivity contribution in [2.75, 3.05) is 0 Å². The van der Waals surface area contributed by atoms with Crippen molar-refractivity contribution < 1.29 is 28.2 Å². The van der Waals surface area contributed by atoms with Crippen molar-refractivity contribution in [3.05, 3.63) is 0 Å². The number of nitrogens with one attached hydrogen (secondary N) is 1. The molecule has 0 spiro atoms. The minimum atomic E-state index is -4.26. The fraction of sp³-hybridized carbons (Fsp3) is 0.889. The fourth-order valence-corrected chi connectivity index (χ4v) is 1.26. The third-order valence-corrected chi connectivity index (χ3v) is 2.10. The maximum Gasteiger partial charge on any atom is 0.404 e. The molecule has 0 aromatic heterocycles. The molecular formula is C9H16F3NO3. The van der Waals surface area contributed by atoms with Crippen LogP contribution in [0.4, 0.5) is 18.0 Å². The molecule has 0 aromatic carbocycles. The molecule has 4 nitrogen and oxygen atoms in total. The summed E-state index contributed by atoms with van der Waals surface area (Å²) in [6, 6.07) is -0.910. The summed E-state index contributed by atoms with van der Waals surface area (Å²) in [5, 5.41) is 20.0. The SMILES string of the molecule is CC(C)(O)C(CCCC(F)(F)F)NC(=O)O. The number of amides is 1. The minimum Gasteiger partial charge on any atom is -0.465 e. The summed E-state index contributed by atoms with van der Waals surface area (Å²) in [6.07, 6.45) is -6.89. The molecule has 96 valence electrons. The van der Waals surface area contributed by atoms with Crippen LogP contribution in [-0.2, 0) is 0 Å². The highest BCUT2D eigenvalue weighted by molar-refractivity contribution is 5.65. The quantitative estimate of drug-likeness (QED) is 0.692. The first-order valence-corrected chi connectivity index (χ1v) is 4.81. The van der Waals surface area contributed by atoms with Gasteiger partial charge in [0.15, 0.2) is 0 Å². The minimum absolute atomic E-state index is 0.0602. The van der Waals surface area contributed by atoms with Gasteiger partial charge in [0.1, 0.15) is 0 Å². The Morgan fingerprint density at radius 2 is 1.88 bits per heavy atom. The van der Waals surface area contributed by atoms with Crippen molar-refractivity contribution in [3.8, 4) is 0 Å². The molecule has 0 aliphatic rings. The summed E-state index contributed by atoms with van der Waals surface area (Å²) in [7, 11) is 0. The van der Waals surface area contributed by atoms with Gasteiger partial charge in [-0.2, -0.15) is 13.2 Å². The van der Waals surface area contributed by atoms with E-state index in [0.29, 0.717) is 0 Å². The van der Waals surface area contributed by atoms with Crippen LogP contribution in [0.1, 0.15) is 33.1 Å². The first-order valence-electron chi connectivity index (χ1n) is 4.81. The monoisotopic (exact) mass is 243 g/mol. The Morgan fingerprint density at radius 1 is 1.38 bits per heavy atom. The number of aliphatic hydroxyl groups is 1. The van der Waals surface area contributed by atoms with Crippen molar-refractivity contribution in [2.45, 2.75) is 50.9 Å². The Balaban J connectivity index is 4.19. The Morgan fingerprint density at radius 3 is 2.19 bits per heavy atom. The standard InChI is InChI=1S/C9H16F3NO3/c1-8(2,16)6(13-7(14)15)4-3-5-9(10,11)12/h6,13,16H,3-5H2,1-2H3,(H,14,15). The summed E-state index contributed by atoms with van der Waals surface area (Å²) in [5.41, 5.74) is -1.38. The van der Waals surface area contributed by atoms with E-state index in [9.17, 15) is 23.1 Å².